The van der Waals surface area contributed by atoms with Crippen LogP contribution in [-0.2, 0) is 6.61 Å². The van der Waals surface area contributed by atoms with Crippen LogP contribution in [0.15, 0.2) is 46.9 Å². The monoisotopic (exact) mass is 340 g/mol. The van der Waals surface area contributed by atoms with Crippen molar-refractivity contribution in [1.29, 1.82) is 0 Å². The van der Waals surface area contributed by atoms with E-state index < -0.39 is 5.97 Å². The summed E-state index contributed by atoms with van der Waals surface area (Å²) in [6.07, 6.45) is 0. The normalized spacial score (nSPS) is 10.2. The lowest BCUT2D eigenvalue weighted by Gasteiger charge is -2.09. The van der Waals surface area contributed by atoms with E-state index in [0.717, 1.165) is 5.56 Å². The number of halogens is 2. The number of aromatic carboxylic acids is 1. The third kappa shape index (κ3) is 3.72. The summed E-state index contributed by atoms with van der Waals surface area (Å²) in [5.41, 5.74) is 1.00. The number of hydrogen-bond donors (Lipinski definition) is 1. The Balaban J connectivity index is 2.17. The summed E-state index contributed by atoms with van der Waals surface area (Å²) in [7, 11) is 0. The number of benzene rings is 2. The number of ether oxygens (including phenoxy) is 1. The fourth-order valence-corrected chi connectivity index (χ4v) is 2.16. The fraction of sp³-hybridized carbons (Fsp3) is 0.0714. The lowest BCUT2D eigenvalue weighted by atomic mass is 10.2. The first-order valence-electron chi connectivity index (χ1n) is 5.46. The molecule has 0 bridgehead atoms. The quantitative estimate of drug-likeness (QED) is 0.897. The molecule has 0 heterocycles. The Hall–Kier alpha value is -1.52. The molecule has 0 aromatic heterocycles. The van der Waals surface area contributed by atoms with Crippen molar-refractivity contribution in [2.45, 2.75) is 6.61 Å². The Morgan fingerprint density at radius 3 is 2.74 bits per heavy atom. The summed E-state index contributed by atoms with van der Waals surface area (Å²) in [5.74, 6) is -0.696. The van der Waals surface area contributed by atoms with Gasteiger partial charge in [-0.15, -0.1) is 0 Å². The summed E-state index contributed by atoms with van der Waals surface area (Å²) in [6.45, 7) is 0.266. The van der Waals surface area contributed by atoms with Gasteiger partial charge in [0.15, 0.2) is 0 Å². The van der Waals surface area contributed by atoms with Crippen molar-refractivity contribution < 1.29 is 14.6 Å². The Bertz CT molecular complexity index is 613. The molecule has 5 heteroatoms. The van der Waals surface area contributed by atoms with Crippen molar-refractivity contribution in [2.75, 3.05) is 0 Å². The molecular formula is C14H10BrClO3. The zero-order valence-corrected chi connectivity index (χ0v) is 12.1. The van der Waals surface area contributed by atoms with Gasteiger partial charge in [0.2, 0.25) is 0 Å². The van der Waals surface area contributed by atoms with E-state index in [2.05, 4.69) is 15.9 Å². The van der Waals surface area contributed by atoms with Crippen LogP contribution in [-0.4, -0.2) is 11.1 Å². The maximum Gasteiger partial charge on any atom is 0.339 e. The fourth-order valence-electron chi connectivity index (χ4n) is 1.58. The molecule has 2 rings (SSSR count). The van der Waals surface area contributed by atoms with Crippen LogP contribution in [0.5, 0.6) is 5.75 Å². The van der Waals surface area contributed by atoms with E-state index in [1.165, 1.54) is 6.07 Å². The molecule has 19 heavy (non-hydrogen) atoms. The second-order valence-corrected chi connectivity index (χ2v) is 5.22. The van der Waals surface area contributed by atoms with E-state index in [9.17, 15) is 4.79 Å². The molecule has 3 nitrogen and oxygen atoms in total. The number of carboxylic acids is 1. The highest BCUT2D eigenvalue weighted by Gasteiger charge is 2.11. The zero-order valence-electron chi connectivity index (χ0n) is 9.77. The Kier molecular flexibility index (Phi) is 4.45. The van der Waals surface area contributed by atoms with Crippen molar-refractivity contribution in [2.24, 2.45) is 0 Å². The van der Waals surface area contributed by atoms with E-state index in [1.807, 2.05) is 12.1 Å². The van der Waals surface area contributed by atoms with Gasteiger partial charge >= 0.3 is 5.97 Å². The molecular weight excluding hydrogens is 332 g/mol. The van der Waals surface area contributed by atoms with Crippen molar-refractivity contribution in [3.63, 3.8) is 0 Å². The molecule has 0 saturated carbocycles. The van der Waals surface area contributed by atoms with E-state index >= 15 is 0 Å². The largest absolute Gasteiger partial charge is 0.488 e. The maximum absolute atomic E-state index is 11.1. The smallest absolute Gasteiger partial charge is 0.339 e. The average Bonchev–Trinajstić information content (AvgIpc) is 2.37. The standard InChI is InChI=1S/C14H10BrClO3/c15-10-4-5-13(12(7-10)14(17)18)19-8-9-2-1-3-11(16)6-9/h1-7H,8H2,(H,17,18). The molecule has 0 aliphatic rings. The number of carbonyl (C=O) groups is 1. The molecule has 0 saturated heterocycles. The first-order chi connectivity index (χ1) is 9.06. The molecule has 0 radical (unpaired) electrons. The molecule has 2 aromatic carbocycles. The van der Waals surface area contributed by atoms with Crippen LogP contribution in [0.3, 0.4) is 0 Å². The van der Waals surface area contributed by atoms with Crippen LogP contribution >= 0.6 is 27.5 Å². The lowest BCUT2D eigenvalue weighted by Crippen LogP contribution is -2.03. The van der Waals surface area contributed by atoms with Crippen LogP contribution in [0.25, 0.3) is 0 Å². The summed E-state index contributed by atoms with van der Waals surface area (Å²) >= 11 is 9.11. The van der Waals surface area contributed by atoms with Gasteiger partial charge in [-0.3, -0.25) is 0 Å². The molecule has 98 valence electrons. The van der Waals surface area contributed by atoms with Gasteiger partial charge in [0.1, 0.15) is 17.9 Å². The highest BCUT2D eigenvalue weighted by molar-refractivity contribution is 9.10. The predicted octanol–water partition coefficient (Wildman–Crippen LogP) is 4.38. The van der Waals surface area contributed by atoms with Crippen LogP contribution in [0.4, 0.5) is 0 Å². The van der Waals surface area contributed by atoms with Gasteiger partial charge in [-0.2, -0.15) is 0 Å². The average molecular weight is 342 g/mol. The third-order valence-corrected chi connectivity index (χ3v) is 3.18. The van der Waals surface area contributed by atoms with Crippen molar-refractivity contribution in [3.8, 4) is 5.75 Å². The van der Waals surface area contributed by atoms with Crippen LogP contribution in [0.1, 0.15) is 15.9 Å². The lowest BCUT2D eigenvalue weighted by molar-refractivity contribution is 0.0691. The van der Waals surface area contributed by atoms with Crippen LogP contribution < -0.4 is 4.74 Å². The highest BCUT2D eigenvalue weighted by atomic mass is 79.9. The minimum Gasteiger partial charge on any atom is -0.488 e. The molecule has 0 amide bonds. The Labute approximate surface area is 123 Å². The van der Waals surface area contributed by atoms with Gasteiger partial charge in [0, 0.05) is 9.50 Å². The third-order valence-electron chi connectivity index (χ3n) is 2.46. The Morgan fingerprint density at radius 1 is 1.26 bits per heavy atom. The van der Waals surface area contributed by atoms with Crippen molar-refractivity contribution in [3.05, 3.63) is 63.1 Å². The number of hydrogen-bond acceptors (Lipinski definition) is 2. The molecule has 0 aliphatic carbocycles. The van der Waals surface area contributed by atoms with Gasteiger partial charge in [-0.1, -0.05) is 39.7 Å². The first-order valence-corrected chi connectivity index (χ1v) is 6.63. The topological polar surface area (TPSA) is 46.5 Å². The highest BCUT2D eigenvalue weighted by Crippen LogP contribution is 2.24. The summed E-state index contributed by atoms with van der Waals surface area (Å²) in [4.78, 5) is 11.1. The van der Waals surface area contributed by atoms with Gasteiger partial charge in [-0.05, 0) is 35.9 Å². The molecule has 1 N–H and O–H groups in total. The molecule has 2 aromatic rings. The second-order valence-electron chi connectivity index (χ2n) is 3.86. The van der Waals surface area contributed by atoms with E-state index in [-0.39, 0.29) is 12.2 Å². The summed E-state index contributed by atoms with van der Waals surface area (Å²) in [5, 5.41) is 9.73. The zero-order chi connectivity index (χ0) is 13.8. The van der Waals surface area contributed by atoms with Gasteiger partial charge in [0.25, 0.3) is 0 Å². The van der Waals surface area contributed by atoms with Gasteiger partial charge < -0.3 is 9.84 Å². The van der Waals surface area contributed by atoms with E-state index in [4.69, 9.17) is 21.4 Å². The SMILES string of the molecule is O=C(O)c1cc(Br)ccc1OCc1cccc(Cl)c1. The maximum atomic E-state index is 11.1. The number of rotatable bonds is 4. The van der Waals surface area contributed by atoms with E-state index in [0.29, 0.717) is 15.2 Å². The van der Waals surface area contributed by atoms with Gasteiger partial charge in [0.05, 0.1) is 0 Å². The number of carboxylic acid groups (broad SMARTS) is 1. The minimum absolute atomic E-state index is 0.122. The summed E-state index contributed by atoms with van der Waals surface area (Å²) in [6, 6.07) is 12.1. The minimum atomic E-state index is -1.03. The molecule has 0 aliphatic heterocycles. The van der Waals surface area contributed by atoms with Crippen molar-refractivity contribution >= 4 is 33.5 Å². The first kappa shape index (κ1) is 13.9. The second kappa shape index (κ2) is 6.08. The molecule has 0 spiro atoms. The summed E-state index contributed by atoms with van der Waals surface area (Å²) < 4.78 is 6.23. The molecule has 0 unspecified atom stereocenters. The van der Waals surface area contributed by atoms with Gasteiger partial charge in [-0.25, -0.2) is 4.79 Å². The Morgan fingerprint density at radius 2 is 2.05 bits per heavy atom. The van der Waals surface area contributed by atoms with Crippen LogP contribution in [0.2, 0.25) is 5.02 Å². The molecule has 0 fully saturated rings. The van der Waals surface area contributed by atoms with Crippen LogP contribution in [0, 0.1) is 0 Å². The van der Waals surface area contributed by atoms with Crippen molar-refractivity contribution in [1.82, 2.24) is 0 Å². The molecule has 0 atom stereocenters. The van der Waals surface area contributed by atoms with E-state index in [1.54, 1.807) is 24.3 Å². The predicted molar refractivity (Wildman–Crippen MR) is 76.9 cm³/mol.